The Morgan fingerprint density at radius 3 is 2.60 bits per heavy atom. The smallest absolute Gasteiger partial charge is 0.239 e. The second kappa shape index (κ2) is 9.68. The molecule has 0 aliphatic carbocycles. The van der Waals surface area contributed by atoms with Crippen molar-refractivity contribution in [3.05, 3.63) is 34.1 Å². The Labute approximate surface area is 131 Å². The van der Waals surface area contributed by atoms with Crippen molar-refractivity contribution in [3.63, 3.8) is 0 Å². The van der Waals surface area contributed by atoms with E-state index in [9.17, 15) is 14.0 Å². The predicted octanol–water partition coefficient (Wildman–Crippen LogP) is 0.744. The predicted molar refractivity (Wildman–Crippen MR) is 80.1 cm³/mol. The van der Waals surface area contributed by atoms with Crippen LogP contribution in [0.15, 0.2) is 22.7 Å². The average Bonchev–Trinajstić information content (AvgIpc) is 2.40. The highest BCUT2D eigenvalue weighted by atomic mass is 79.9. The zero-order valence-corrected chi connectivity index (χ0v) is 13.0. The molecule has 0 heterocycles. The molecule has 1 rings (SSSR count). The Balaban J connectivity index is 0.00000361. The lowest BCUT2D eigenvalue weighted by atomic mass is 10.1. The van der Waals surface area contributed by atoms with Gasteiger partial charge in [0.25, 0.3) is 0 Å². The third kappa shape index (κ3) is 6.83. The fourth-order valence-electron chi connectivity index (χ4n) is 1.39. The third-order valence-electron chi connectivity index (χ3n) is 2.36. The van der Waals surface area contributed by atoms with Crippen molar-refractivity contribution in [2.75, 3.05) is 19.6 Å². The van der Waals surface area contributed by atoms with Gasteiger partial charge in [-0.3, -0.25) is 9.59 Å². The van der Waals surface area contributed by atoms with Crippen molar-refractivity contribution in [3.8, 4) is 0 Å². The number of nitrogens with one attached hydrogen (secondary N) is 2. The van der Waals surface area contributed by atoms with Gasteiger partial charge in [-0.2, -0.15) is 0 Å². The molecule has 0 unspecified atom stereocenters. The minimum Gasteiger partial charge on any atom is -0.354 e. The largest absolute Gasteiger partial charge is 0.354 e. The number of halogens is 3. The van der Waals surface area contributed by atoms with E-state index in [2.05, 4.69) is 26.6 Å². The first-order valence-electron chi connectivity index (χ1n) is 5.70. The van der Waals surface area contributed by atoms with Crippen molar-refractivity contribution in [1.29, 1.82) is 0 Å². The highest BCUT2D eigenvalue weighted by molar-refractivity contribution is 9.10. The topological polar surface area (TPSA) is 84.2 Å². The number of benzene rings is 1. The molecule has 0 aliphatic heterocycles. The number of hydrogen-bond acceptors (Lipinski definition) is 3. The van der Waals surface area contributed by atoms with Crippen molar-refractivity contribution in [2.45, 2.75) is 6.42 Å². The second-order valence-electron chi connectivity index (χ2n) is 3.82. The van der Waals surface area contributed by atoms with Crippen LogP contribution in [0.1, 0.15) is 5.56 Å². The molecular weight excluding hydrogens is 353 g/mol. The highest BCUT2D eigenvalue weighted by Crippen LogP contribution is 2.15. The summed E-state index contributed by atoms with van der Waals surface area (Å²) in [7, 11) is 0. The molecule has 112 valence electrons. The number of hydrogen-bond donors (Lipinski definition) is 3. The van der Waals surface area contributed by atoms with Crippen LogP contribution in [-0.4, -0.2) is 31.4 Å². The van der Waals surface area contributed by atoms with Gasteiger partial charge in [0.15, 0.2) is 0 Å². The second-order valence-corrected chi connectivity index (χ2v) is 4.73. The summed E-state index contributed by atoms with van der Waals surface area (Å²) in [5.74, 6) is -1.04. The average molecular weight is 369 g/mol. The summed E-state index contributed by atoms with van der Waals surface area (Å²) >= 11 is 3.25. The van der Waals surface area contributed by atoms with Gasteiger partial charge in [-0.15, -0.1) is 12.4 Å². The lowest BCUT2D eigenvalue weighted by molar-refractivity contribution is -0.125. The molecule has 0 atom stereocenters. The fraction of sp³-hybridized carbons (Fsp3) is 0.333. The number of carbonyl (C=O) groups excluding carboxylic acids is 2. The van der Waals surface area contributed by atoms with Crippen LogP contribution in [0.25, 0.3) is 0 Å². The van der Waals surface area contributed by atoms with Crippen LogP contribution in [0.5, 0.6) is 0 Å². The summed E-state index contributed by atoms with van der Waals surface area (Å²) < 4.78 is 14.2. The Hall–Kier alpha value is -1.18. The van der Waals surface area contributed by atoms with Gasteiger partial charge in [0.1, 0.15) is 5.82 Å². The van der Waals surface area contributed by atoms with Crippen LogP contribution in [0, 0.1) is 5.82 Å². The minimum atomic E-state index is -0.395. The number of rotatable bonds is 6. The Morgan fingerprint density at radius 1 is 1.25 bits per heavy atom. The lowest BCUT2D eigenvalue weighted by Crippen LogP contribution is -2.40. The third-order valence-corrected chi connectivity index (χ3v) is 2.85. The van der Waals surface area contributed by atoms with E-state index in [-0.39, 0.29) is 37.2 Å². The van der Waals surface area contributed by atoms with Crippen LogP contribution < -0.4 is 16.4 Å². The molecule has 20 heavy (non-hydrogen) atoms. The minimum absolute atomic E-state index is 0. The van der Waals surface area contributed by atoms with Gasteiger partial charge >= 0.3 is 0 Å². The van der Waals surface area contributed by atoms with E-state index in [1.807, 2.05) is 0 Å². The number of amides is 2. The summed E-state index contributed by atoms with van der Waals surface area (Å²) in [5, 5.41) is 4.92. The molecule has 0 saturated heterocycles. The van der Waals surface area contributed by atoms with E-state index < -0.39 is 5.91 Å². The summed E-state index contributed by atoms with van der Waals surface area (Å²) in [5.41, 5.74) is 5.59. The van der Waals surface area contributed by atoms with Crippen molar-refractivity contribution < 1.29 is 14.0 Å². The number of nitrogens with two attached hydrogens (primary N) is 1. The van der Waals surface area contributed by atoms with Gasteiger partial charge < -0.3 is 16.4 Å². The first-order valence-corrected chi connectivity index (χ1v) is 6.49. The van der Waals surface area contributed by atoms with E-state index in [4.69, 9.17) is 5.73 Å². The van der Waals surface area contributed by atoms with E-state index in [1.165, 1.54) is 6.07 Å². The maximum absolute atomic E-state index is 13.4. The van der Waals surface area contributed by atoms with Crippen LogP contribution in [0.3, 0.4) is 0 Å². The molecule has 4 N–H and O–H groups in total. The molecular formula is C12H16BrClFN3O2. The van der Waals surface area contributed by atoms with Crippen molar-refractivity contribution >= 4 is 40.2 Å². The zero-order chi connectivity index (χ0) is 14.3. The van der Waals surface area contributed by atoms with Crippen molar-refractivity contribution in [1.82, 2.24) is 10.6 Å². The quantitative estimate of drug-likeness (QED) is 0.692. The monoisotopic (exact) mass is 367 g/mol. The molecule has 0 fully saturated rings. The first kappa shape index (κ1) is 18.8. The Kier molecular flexibility index (Phi) is 9.11. The molecule has 0 spiro atoms. The molecule has 0 radical (unpaired) electrons. The normalized spacial score (nSPS) is 9.55. The lowest BCUT2D eigenvalue weighted by Gasteiger charge is -2.07. The van der Waals surface area contributed by atoms with Gasteiger partial charge in [0, 0.05) is 11.0 Å². The van der Waals surface area contributed by atoms with Crippen LogP contribution in [-0.2, 0) is 16.0 Å². The first-order chi connectivity index (χ1) is 9.02. The molecule has 0 saturated carbocycles. The molecule has 0 aromatic heterocycles. The molecule has 0 bridgehead atoms. The molecule has 1 aromatic carbocycles. The van der Waals surface area contributed by atoms with Crippen LogP contribution in [0.2, 0.25) is 0 Å². The Morgan fingerprint density at radius 2 is 1.95 bits per heavy atom. The van der Waals surface area contributed by atoms with Gasteiger partial charge in [0.2, 0.25) is 11.8 Å². The van der Waals surface area contributed by atoms with Gasteiger partial charge in [0.05, 0.1) is 13.1 Å². The van der Waals surface area contributed by atoms with Crippen LogP contribution in [0.4, 0.5) is 4.39 Å². The fourth-order valence-corrected chi connectivity index (χ4v) is 1.79. The van der Waals surface area contributed by atoms with Gasteiger partial charge in [-0.1, -0.05) is 15.9 Å². The van der Waals surface area contributed by atoms with E-state index in [1.54, 1.807) is 12.1 Å². The van der Waals surface area contributed by atoms with E-state index >= 15 is 0 Å². The SMILES string of the molecule is Cl.NCC(=O)NCC(=O)NCCc1cc(Br)ccc1F. The van der Waals surface area contributed by atoms with Crippen LogP contribution >= 0.6 is 28.3 Å². The number of carbonyl (C=O) groups is 2. The molecule has 5 nitrogen and oxygen atoms in total. The van der Waals surface area contributed by atoms with E-state index in [0.29, 0.717) is 18.5 Å². The van der Waals surface area contributed by atoms with Gasteiger partial charge in [-0.05, 0) is 30.2 Å². The molecule has 0 aliphatic rings. The Bertz CT molecular complexity index is 474. The molecule has 2 amide bonds. The summed E-state index contributed by atoms with van der Waals surface area (Å²) in [6, 6.07) is 4.64. The summed E-state index contributed by atoms with van der Waals surface area (Å²) in [6.45, 7) is 0.0121. The highest BCUT2D eigenvalue weighted by Gasteiger charge is 2.05. The van der Waals surface area contributed by atoms with Crippen molar-refractivity contribution in [2.24, 2.45) is 5.73 Å². The molecule has 8 heteroatoms. The maximum atomic E-state index is 13.4. The molecule has 1 aromatic rings. The summed E-state index contributed by atoms with van der Waals surface area (Å²) in [4.78, 5) is 22.2. The zero-order valence-electron chi connectivity index (χ0n) is 10.6. The standard InChI is InChI=1S/C12H15BrFN3O2.ClH/c13-9-1-2-10(14)8(5-9)3-4-16-12(19)7-17-11(18)6-15;/h1-2,5H,3-4,6-7,15H2,(H,16,19)(H,17,18);1H. The van der Waals surface area contributed by atoms with E-state index in [0.717, 1.165) is 4.47 Å². The van der Waals surface area contributed by atoms with Gasteiger partial charge in [-0.25, -0.2) is 4.39 Å². The maximum Gasteiger partial charge on any atom is 0.239 e. The summed E-state index contributed by atoms with van der Waals surface area (Å²) in [6.07, 6.45) is 0.377.